The van der Waals surface area contributed by atoms with Crippen molar-refractivity contribution in [1.29, 1.82) is 0 Å². The molecule has 5 rings (SSSR count). The van der Waals surface area contributed by atoms with Gasteiger partial charge < -0.3 is 14.5 Å². The molecule has 2 aliphatic rings. The summed E-state index contributed by atoms with van der Waals surface area (Å²) >= 11 is 0.749. The van der Waals surface area contributed by atoms with E-state index in [0.717, 1.165) is 30.2 Å². The van der Waals surface area contributed by atoms with E-state index in [2.05, 4.69) is 34.7 Å². The summed E-state index contributed by atoms with van der Waals surface area (Å²) in [5.74, 6) is -0.0476. The second-order valence-electron chi connectivity index (χ2n) is 14.6. The molecule has 0 atom stereocenters. The lowest BCUT2D eigenvalue weighted by Crippen LogP contribution is -2.50. The zero-order valence-electron chi connectivity index (χ0n) is 28.6. The zero-order valence-corrected chi connectivity index (χ0v) is 31.2. The van der Waals surface area contributed by atoms with Crippen molar-refractivity contribution in [3.63, 3.8) is 0 Å². The van der Waals surface area contributed by atoms with E-state index < -0.39 is 35.1 Å². The second kappa shape index (κ2) is 13.4. The van der Waals surface area contributed by atoms with E-state index in [-0.39, 0.29) is 34.5 Å². The molecule has 1 aromatic carbocycles. The summed E-state index contributed by atoms with van der Waals surface area (Å²) in [6.45, 7) is 18.7. The lowest BCUT2D eigenvalue weighted by molar-refractivity contribution is -0.134. The van der Waals surface area contributed by atoms with Crippen LogP contribution in [0.15, 0.2) is 17.0 Å². The number of benzene rings is 1. The van der Waals surface area contributed by atoms with Crippen LogP contribution in [0.2, 0.25) is 25.7 Å². The number of ether oxygens (including phenoxy) is 1. The van der Waals surface area contributed by atoms with Gasteiger partial charge in [-0.15, -0.1) is 10.2 Å². The van der Waals surface area contributed by atoms with Gasteiger partial charge in [-0.1, -0.05) is 44.8 Å². The number of rotatable bonds is 13. The molecule has 11 nitrogen and oxygen atoms in total. The molecule has 3 aromatic rings. The van der Waals surface area contributed by atoms with E-state index in [0.29, 0.717) is 55.1 Å². The summed E-state index contributed by atoms with van der Waals surface area (Å²) < 4.78 is 65.6. The molecule has 2 fully saturated rings. The van der Waals surface area contributed by atoms with Gasteiger partial charge in [0.1, 0.15) is 12.4 Å². The second-order valence-corrected chi connectivity index (χ2v) is 23.1. The number of hydrogen-bond acceptors (Lipinski definition) is 9. The van der Waals surface area contributed by atoms with Crippen LogP contribution < -0.4 is 4.90 Å². The minimum absolute atomic E-state index is 0.0566. The van der Waals surface area contributed by atoms with Gasteiger partial charge >= 0.3 is 0 Å². The van der Waals surface area contributed by atoms with Gasteiger partial charge in [0.05, 0.1) is 16.1 Å². The van der Waals surface area contributed by atoms with Crippen LogP contribution in [-0.2, 0) is 19.6 Å². The van der Waals surface area contributed by atoms with E-state index in [1.54, 1.807) is 16.8 Å². The lowest BCUT2D eigenvalue weighted by Gasteiger charge is -2.37. The molecule has 16 heteroatoms. The van der Waals surface area contributed by atoms with Gasteiger partial charge in [0, 0.05) is 63.7 Å². The fraction of sp³-hybridized carbons (Fsp3) is 0.677. The molecule has 1 saturated carbocycles. The molecule has 1 amide bonds. The Kier molecular flexibility index (Phi) is 10.2. The third-order valence-corrected chi connectivity index (χ3v) is 13.5. The van der Waals surface area contributed by atoms with Gasteiger partial charge in [0.15, 0.2) is 10.0 Å². The van der Waals surface area contributed by atoms with Crippen LogP contribution in [0.25, 0.3) is 21.6 Å². The first-order chi connectivity index (χ1) is 21.9. The first kappa shape index (κ1) is 35.8. The van der Waals surface area contributed by atoms with Gasteiger partial charge in [-0.05, 0) is 51.8 Å². The summed E-state index contributed by atoms with van der Waals surface area (Å²) in [5.41, 5.74) is 1.08. The highest BCUT2D eigenvalue weighted by Gasteiger charge is 2.50. The number of halogens is 2. The van der Waals surface area contributed by atoms with Crippen molar-refractivity contribution in [3.8, 4) is 10.7 Å². The average molecular weight is 712 g/mol. The van der Waals surface area contributed by atoms with Crippen molar-refractivity contribution >= 4 is 51.9 Å². The highest BCUT2D eigenvalue weighted by Crippen LogP contribution is 2.46. The van der Waals surface area contributed by atoms with E-state index in [1.165, 1.54) is 4.31 Å². The van der Waals surface area contributed by atoms with Gasteiger partial charge in [-0.3, -0.25) is 9.48 Å². The number of aromatic nitrogens is 4. The van der Waals surface area contributed by atoms with E-state index in [9.17, 15) is 22.0 Å². The maximum atomic E-state index is 14.6. The highest BCUT2D eigenvalue weighted by molar-refractivity contribution is 7.89. The number of amides is 1. The van der Waals surface area contributed by atoms with Crippen LogP contribution in [0, 0.1) is 5.92 Å². The SMILES string of the molecule is CC(C)C(=O)N1CCN(c2cc(S(=O)(=O)N(COCC[Si](C)(C)C)C3(C)CC3)cc3c(-c4nnc(C(F)F)s4)nn(C(C)C)c23)CC1. The van der Waals surface area contributed by atoms with Crippen molar-refractivity contribution in [2.45, 2.75) is 96.0 Å². The molecule has 47 heavy (non-hydrogen) atoms. The minimum atomic E-state index is -4.08. The number of carbonyl (C=O) groups excluding carboxylic acids is 1. The van der Waals surface area contributed by atoms with Gasteiger partial charge in [0.2, 0.25) is 15.9 Å². The van der Waals surface area contributed by atoms with E-state index in [1.807, 2.05) is 39.5 Å². The summed E-state index contributed by atoms with van der Waals surface area (Å²) in [6.07, 6.45) is -1.34. The molecule has 0 bridgehead atoms. The van der Waals surface area contributed by atoms with Gasteiger partial charge in [-0.2, -0.15) is 9.40 Å². The Morgan fingerprint density at radius 3 is 2.28 bits per heavy atom. The molecule has 0 radical (unpaired) electrons. The molecule has 1 saturated heterocycles. The molecule has 260 valence electrons. The maximum Gasteiger partial charge on any atom is 0.291 e. The van der Waals surface area contributed by atoms with Gasteiger partial charge in [-0.25, -0.2) is 17.2 Å². The Bertz CT molecular complexity index is 1710. The number of fused-ring (bicyclic) bond motifs is 1. The van der Waals surface area contributed by atoms with Crippen molar-refractivity contribution in [2.75, 3.05) is 44.4 Å². The number of alkyl halides is 2. The topological polar surface area (TPSA) is 114 Å². The number of nitrogens with zero attached hydrogens (tertiary/aromatic N) is 7. The maximum absolute atomic E-state index is 14.6. The summed E-state index contributed by atoms with van der Waals surface area (Å²) in [5, 5.41) is 12.8. The standard InChI is InChI=1S/C31H47F2N7O4S2Si/c1-20(2)30(41)38-13-11-37(12-14-38)24-18-22(46(42,43)39(31(5)9-10-31)19-44-15-16-47(6,7)8)17-23-25(36-40(21(3)4)26(23)24)28-34-35-29(45-28)27(32)33/h17-18,20-21,27H,9-16,19H2,1-8H3. The normalized spacial score (nSPS) is 17.2. The number of piperazine rings is 1. The van der Waals surface area contributed by atoms with Crippen LogP contribution in [-0.4, -0.2) is 96.6 Å². The number of sulfonamides is 1. The Morgan fingerprint density at radius 1 is 1.09 bits per heavy atom. The minimum Gasteiger partial charge on any atom is -0.366 e. The van der Waals surface area contributed by atoms with Gasteiger partial charge in [0.25, 0.3) is 6.43 Å². The molecule has 0 N–H and O–H groups in total. The Balaban J connectivity index is 1.64. The average Bonchev–Trinajstić information content (AvgIpc) is 3.38. The van der Waals surface area contributed by atoms with Crippen molar-refractivity contribution < 1.29 is 26.7 Å². The molecule has 1 aliphatic heterocycles. The Hall–Kier alpha value is -2.53. The number of carbonyl (C=O) groups is 1. The van der Waals surface area contributed by atoms with Crippen molar-refractivity contribution in [2.24, 2.45) is 5.92 Å². The smallest absolute Gasteiger partial charge is 0.291 e. The van der Waals surface area contributed by atoms with Crippen LogP contribution in [0.4, 0.5) is 14.5 Å². The molecule has 0 unspecified atom stereocenters. The fourth-order valence-corrected chi connectivity index (χ4v) is 8.91. The van der Waals surface area contributed by atoms with Crippen LogP contribution in [0.5, 0.6) is 0 Å². The van der Waals surface area contributed by atoms with E-state index in [4.69, 9.17) is 9.84 Å². The quantitative estimate of drug-likeness (QED) is 0.117. The fourth-order valence-electron chi connectivity index (χ4n) is 5.70. The predicted octanol–water partition coefficient (Wildman–Crippen LogP) is 6.23. The molecule has 1 aliphatic carbocycles. The molecule has 2 aromatic heterocycles. The summed E-state index contributed by atoms with van der Waals surface area (Å²) in [6, 6.07) is 4.07. The molecular formula is C31H47F2N7O4S2Si. The van der Waals surface area contributed by atoms with E-state index >= 15 is 0 Å². The van der Waals surface area contributed by atoms with Crippen LogP contribution in [0.3, 0.4) is 0 Å². The highest BCUT2D eigenvalue weighted by atomic mass is 32.2. The first-order valence-electron chi connectivity index (χ1n) is 16.3. The van der Waals surface area contributed by atoms with Crippen LogP contribution in [0.1, 0.15) is 64.9 Å². The summed E-state index contributed by atoms with van der Waals surface area (Å²) in [4.78, 5) is 16.8. The van der Waals surface area contributed by atoms with Crippen molar-refractivity contribution in [1.82, 2.24) is 29.2 Å². The monoisotopic (exact) mass is 711 g/mol. The predicted molar refractivity (Wildman–Crippen MR) is 183 cm³/mol. The number of anilines is 1. The zero-order chi connectivity index (χ0) is 34.5. The van der Waals surface area contributed by atoms with Crippen molar-refractivity contribution in [3.05, 3.63) is 17.1 Å². The lowest BCUT2D eigenvalue weighted by atomic mass is 10.1. The Labute approximate surface area is 281 Å². The molecule has 3 heterocycles. The first-order valence-corrected chi connectivity index (χ1v) is 22.2. The third-order valence-electron chi connectivity index (χ3n) is 8.87. The third kappa shape index (κ3) is 7.55. The largest absolute Gasteiger partial charge is 0.366 e. The Morgan fingerprint density at radius 2 is 1.74 bits per heavy atom. The number of hydrogen-bond donors (Lipinski definition) is 0. The molecular weight excluding hydrogens is 665 g/mol. The van der Waals surface area contributed by atoms with Crippen LogP contribution >= 0.6 is 11.3 Å². The molecule has 0 spiro atoms. The summed E-state index contributed by atoms with van der Waals surface area (Å²) in [7, 11) is -5.47.